The molecule has 0 aliphatic carbocycles. The smallest absolute Gasteiger partial charge is 0.237 e. The minimum absolute atomic E-state index is 0.0153. The third-order valence-corrected chi connectivity index (χ3v) is 5.91. The monoisotopic (exact) mass is 343 g/mol. The first-order valence-corrected chi connectivity index (χ1v) is 9.31. The summed E-state index contributed by atoms with van der Waals surface area (Å²) >= 11 is 1.52. The number of hydrogen-bond acceptors (Lipinski definition) is 6. The van der Waals surface area contributed by atoms with Crippen molar-refractivity contribution in [2.24, 2.45) is 0 Å². The van der Waals surface area contributed by atoms with Crippen molar-refractivity contribution in [2.75, 3.05) is 11.4 Å². The zero-order chi connectivity index (χ0) is 15.0. The largest absolute Gasteiger partial charge is 0.279 e. The average molecular weight is 344 g/mol. The standard InChI is InChI=1S/C12H10ClN3O3S2/c13-21(18,19)8-6-11(17)16(7-8)12-14-4-3-9(15-12)10-2-1-5-20-10/h1-5,8H,6-7H2. The predicted molar refractivity (Wildman–Crippen MR) is 80.9 cm³/mol. The Morgan fingerprint density at radius 2 is 2.19 bits per heavy atom. The lowest BCUT2D eigenvalue weighted by atomic mass is 10.3. The Kier molecular flexibility index (Phi) is 3.68. The lowest BCUT2D eigenvalue weighted by molar-refractivity contribution is -0.117. The van der Waals surface area contributed by atoms with Gasteiger partial charge in [-0.3, -0.25) is 9.69 Å². The van der Waals surface area contributed by atoms with E-state index in [1.165, 1.54) is 16.2 Å². The van der Waals surface area contributed by atoms with E-state index >= 15 is 0 Å². The molecule has 0 aromatic carbocycles. The molecule has 1 unspecified atom stereocenters. The van der Waals surface area contributed by atoms with Crippen molar-refractivity contribution in [2.45, 2.75) is 11.7 Å². The number of halogens is 1. The maximum absolute atomic E-state index is 12.0. The zero-order valence-corrected chi connectivity index (χ0v) is 13.0. The van der Waals surface area contributed by atoms with Crippen LogP contribution in [0.4, 0.5) is 5.95 Å². The zero-order valence-electron chi connectivity index (χ0n) is 10.6. The number of carbonyl (C=O) groups is 1. The van der Waals surface area contributed by atoms with Crippen LogP contribution in [0.15, 0.2) is 29.8 Å². The number of hydrogen-bond donors (Lipinski definition) is 0. The summed E-state index contributed by atoms with van der Waals surface area (Å²) in [6.45, 7) is -0.0153. The van der Waals surface area contributed by atoms with Crippen LogP contribution in [0.1, 0.15) is 6.42 Å². The summed E-state index contributed by atoms with van der Waals surface area (Å²) in [5.41, 5.74) is 0.694. The summed E-state index contributed by atoms with van der Waals surface area (Å²) in [5.74, 6) is -0.138. The average Bonchev–Trinajstić information content (AvgIpc) is 3.07. The lowest BCUT2D eigenvalue weighted by Crippen LogP contribution is -2.28. The van der Waals surface area contributed by atoms with E-state index in [0.717, 1.165) is 4.88 Å². The molecule has 9 heteroatoms. The molecule has 3 rings (SSSR count). The Bertz CT molecular complexity index is 777. The van der Waals surface area contributed by atoms with Crippen molar-refractivity contribution in [3.63, 3.8) is 0 Å². The minimum Gasteiger partial charge on any atom is -0.279 e. The van der Waals surface area contributed by atoms with Crippen molar-refractivity contribution < 1.29 is 13.2 Å². The number of amides is 1. The molecule has 1 atom stereocenters. The summed E-state index contributed by atoms with van der Waals surface area (Å²) in [5, 5.41) is 1.01. The quantitative estimate of drug-likeness (QED) is 0.795. The molecule has 1 aliphatic heterocycles. The van der Waals surface area contributed by atoms with E-state index in [0.29, 0.717) is 5.69 Å². The Morgan fingerprint density at radius 1 is 1.38 bits per heavy atom. The van der Waals surface area contributed by atoms with Crippen LogP contribution in [0, 0.1) is 0 Å². The number of anilines is 1. The van der Waals surface area contributed by atoms with E-state index in [1.807, 2.05) is 17.5 Å². The van der Waals surface area contributed by atoms with Crippen LogP contribution in [0.5, 0.6) is 0 Å². The predicted octanol–water partition coefficient (Wildman–Crippen LogP) is 1.88. The van der Waals surface area contributed by atoms with E-state index < -0.39 is 14.3 Å². The maximum Gasteiger partial charge on any atom is 0.237 e. The van der Waals surface area contributed by atoms with Crippen molar-refractivity contribution in [1.82, 2.24) is 9.97 Å². The van der Waals surface area contributed by atoms with Gasteiger partial charge >= 0.3 is 0 Å². The first-order chi connectivity index (χ1) is 9.95. The molecular weight excluding hydrogens is 334 g/mol. The fraction of sp³-hybridized carbons (Fsp3) is 0.250. The number of thiophene rings is 1. The molecule has 1 fully saturated rings. The third-order valence-electron chi connectivity index (χ3n) is 3.15. The third kappa shape index (κ3) is 2.92. The molecule has 2 aromatic rings. The maximum atomic E-state index is 12.0. The van der Waals surface area contributed by atoms with E-state index in [-0.39, 0.29) is 24.8 Å². The molecule has 6 nitrogen and oxygen atoms in total. The van der Waals surface area contributed by atoms with Gasteiger partial charge in [0.25, 0.3) is 0 Å². The summed E-state index contributed by atoms with van der Waals surface area (Å²) in [6.07, 6.45) is 1.41. The van der Waals surface area contributed by atoms with Gasteiger partial charge in [0.15, 0.2) is 0 Å². The summed E-state index contributed by atoms with van der Waals surface area (Å²) in [4.78, 5) is 22.6. The molecule has 0 N–H and O–H groups in total. The molecule has 0 bridgehead atoms. The van der Waals surface area contributed by atoms with Gasteiger partial charge in [-0.1, -0.05) is 6.07 Å². The summed E-state index contributed by atoms with van der Waals surface area (Å²) in [7, 11) is 1.55. The van der Waals surface area contributed by atoms with Crippen LogP contribution in [0.2, 0.25) is 0 Å². The van der Waals surface area contributed by atoms with E-state index in [2.05, 4.69) is 9.97 Å². The number of nitrogens with zero attached hydrogens (tertiary/aromatic N) is 3. The molecule has 3 heterocycles. The van der Waals surface area contributed by atoms with Crippen molar-refractivity contribution in [3.05, 3.63) is 29.8 Å². The molecule has 1 amide bonds. The fourth-order valence-corrected chi connectivity index (χ4v) is 3.82. The van der Waals surface area contributed by atoms with Crippen molar-refractivity contribution in [1.29, 1.82) is 0 Å². The topological polar surface area (TPSA) is 80.2 Å². The first-order valence-electron chi connectivity index (χ1n) is 6.06. The lowest BCUT2D eigenvalue weighted by Gasteiger charge is -2.14. The number of aromatic nitrogens is 2. The van der Waals surface area contributed by atoms with Gasteiger partial charge in [-0.25, -0.2) is 18.4 Å². The van der Waals surface area contributed by atoms with Crippen LogP contribution >= 0.6 is 22.0 Å². The second kappa shape index (κ2) is 5.36. The van der Waals surface area contributed by atoms with Crippen LogP contribution in [0.25, 0.3) is 10.6 Å². The van der Waals surface area contributed by atoms with Crippen LogP contribution in [0.3, 0.4) is 0 Å². The van der Waals surface area contributed by atoms with Gasteiger partial charge in [0.05, 0.1) is 10.6 Å². The van der Waals surface area contributed by atoms with Crippen LogP contribution in [-0.2, 0) is 13.8 Å². The molecule has 1 aliphatic rings. The molecule has 0 spiro atoms. The molecule has 0 radical (unpaired) electrons. The fourth-order valence-electron chi connectivity index (χ4n) is 2.10. The number of carbonyl (C=O) groups excluding carboxylic acids is 1. The molecule has 110 valence electrons. The second-order valence-corrected chi connectivity index (χ2v) is 8.38. The molecule has 21 heavy (non-hydrogen) atoms. The van der Waals surface area contributed by atoms with E-state index in [1.54, 1.807) is 12.3 Å². The Labute approximate surface area is 129 Å². The van der Waals surface area contributed by atoms with Gasteiger partial charge in [0.2, 0.25) is 20.9 Å². The van der Waals surface area contributed by atoms with Crippen molar-refractivity contribution in [3.8, 4) is 10.6 Å². The Morgan fingerprint density at radius 3 is 2.81 bits per heavy atom. The van der Waals surface area contributed by atoms with Gasteiger partial charge in [0, 0.05) is 29.8 Å². The van der Waals surface area contributed by atoms with Gasteiger partial charge in [-0.2, -0.15) is 0 Å². The highest BCUT2D eigenvalue weighted by Crippen LogP contribution is 2.27. The molecule has 2 aromatic heterocycles. The first kappa shape index (κ1) is 14.4. The SMILES string of the molecule is O=C1CC(S(=O)(=O)Cl)CN1c1nccc(-c2cccs2)n1. The highest BCUT2D eigenvalue weighted by molar-refractivity contribution is 8.14. The molecule has 0 saturated carbocycles. The Balaban J connectivity index is 1.91. The summed E-state index contributed by atoms with van der Waals surface area (Å²) < 4.78 is 22.7. The summed E-state index contributed by atoms with van der Waals surface area (Å²) in [6, 6.07) is 5.55. The van der Waals surface area contributed by atoms with Gasteiger partial charge in [0.1, 0.15) is 5.25 Å². The van der Waals surface area contributed by atoms with E-state index in [9.17, 15) is 13.2 Å². The highest BCUT2D eigenvalue weighted by atomic mass is 35.7. The van der Waals surface area contributed by atoms with Crippen molar-refractivity contribution >= 4 is 42.9 Å². The second-order valence-electron chi connectivity index (χ2n) is 4.53. The Hall–Kier alpha value is -1.51. The normalized spacial score (nSPS) is 19.2. The molecule has 1 saturated heterocycles. The van der Waals surface area contributed by atoms with Gasteiger partial charge < -0.3 is 0 Å². The molecular formula is C12H10ClN3O3S2. The van der Waals surface area contributed by atoms with Crippen LogP contribution < -0.4 is 4.90 Å². The highest BCUT2D eigenvalue weighted by Gasteiger charge is 2.39. The minimum atomic E-state index is -3.77. The van der Waals surface area contributed by atoms with Gasteiger partial charge in [-0.15, -0.1) is 11.3 Å². The van der Waals surface area contributed by atoms with Gasteiger partial charge in [-0.05, 0) is 17.5 Å². The van der Waals surface area contributed by atoms with E-state index in [4.69, 9.17) is 10.7 Å². The number of rotatable bonds is 3. The van der Waals surface area contributed by atoms with Crippen LogP contribution in [-0.4, -0.2) is 36.1 Å².